The smallest absolute Gasteiger partial charge is 0.265 e. The molecule has 0 N–H and O–H groups in total. The number of ether oxygens (including phenoxy) is 1. The summed E-state index contributed by atoms with van der Waals surface area (Å²) in [6.07, 6.45) is 0. The third kappa shape index (κ3) is 3.13. The summed E-state index contributed by atoms with van der Waals surface area (Å²) in [5.41, 5.74) is 4.84. The maximum Gasteiger partial charge on any atom is 0.265 e. The minimum Gasteiger partial charge on any atom is -0.436 e. The molecule has 0 atom stereocenters. The van der Waals surface area contributed by atoms with Gasteiger partial charge in [-0.1, -0.05) is 24.3 Å². The van der Waals surface area contributed by atoms with E-state index in [0.29, 0.717) is 41.5 Å². The van der Waals surface area contributed by atoms with Gasteiger partial charge in [0.05, 0.1) is 18.9 Å². The molecular weight excluding hydrogens is 454 g/mol. The Hall–Kier alpha value is -4.49. The van der Waals surface area contributed by atoms with Gasteiger partial charge in [-0.15, -0.1) is 0 Å². The van der Waals surface area contributed by atoms with Gasteiger partial charge < -0.3 is 14.1 Å². The molecule has 0 unspecified atom stereocenters. The van der Waals surface area contributed by atoms with E-state index in [1.54, 1.807) is 18.2 Å². The van der Waals surface area contributed by atoms with Gasteiger partial charge in [-0.3, -0.25) is 9.59 Å². The van der Waals surface area contributed by atoms with Gasteiger partial charge >= 0.3 is 0 Å². The molecule has 1 saturated heterocycles. The lowest BCUT2D eigenvalue weighted by Crippen LogP contribution is -2.41. The molecule has 4 aromatic carbocycles. The SMILES string of the molecule is O=C1c2cccc3c(N4CCOCC4)ccc(c23)C(=O)N1c1ccc(-c2nc3ccccc3o2)cc1. The van der Waals surface area contributed by atoms with Crippen LogP contribution in [0.4, 0.5) is 11.4 Å². The Morgan fingerprint density at radius 3 is 2.28 bits per heavy atom. The Kier molecular flexibility index (Phi) is 4.65. The van der Waals surface area contributed by atoms with Crippen LogP contribution in [0.5, 0.6) is 0 Å². The van der Waals surface area contributed by atoms with Crippen molar-refractivity contribution in [3.63, 3.8) is 0 Å². The van der Waals surface area contributed by atoms with Gasteiger partial charge in [0.25, 0.3) is 11.8 Å². The number of rotatable bonds is 3. The van der Waals surface area contributed by atoms with E-state index in [2.05, 4.69) is 9.88 Å². The van der Waals surface area contributed by atoms with Crippen molar-refractivity contribution in [2.24, 2.45) is 0 Å². The maximum absolute atomic E-state index is 13.6. The number of oxazole rings is 1. The van der Waals surface area contributed by atoms with Gasteiger partial charge in [0.2, 0.25) is 5.89 Å². The van der Waals surface area contributed by atoms with Crippen LogP contribution >= 0.6 is 0 Å². The molecule has 3 heterocycles. The number of carbonyl (C=O) groups is 2. The number of aromatic nitrogens is 1. The standard InChI is InChI=1S/C29H21N3O4/c33-28-21-5-3-4-20-24(31-14-16-35-17-15-31)13-12-22(26(20)21)29(34)32(28)19-10-8-18(9-11-19)27-30-23-6-1-2-7-25(23)36-27/h1-13H,14-17H2. The van der Waals surface area contributed by atoms with E-state index < -0.39 is 0 Å². The minimum absolute atomic E-state index is 0.327. The van der Waals surface area contributed by atoms with Crippen molar-refractivity contribution in [1.29, 1.82) is 0 Å². The zero-order valence-corrected chi connectivity index (χ0v) is 19.3. The molecule has 1 aromatic heterocycles. The second-order valence-corrected chi connectivity index (χ2v) is 8.94. The Morgan fingerprint density at radius 1 is 0.750 bits per heavy atom. The lowest BCUT2D eigenvalue weighted by Gasteiger charge is -2.32. The van der Waals surface area contributed by atoms with Gasteiger partial charge in [-0.2, -0.15) is 0 Å². The molecule has 176 valence electrons. The fourth-order valence-corrected chi connectivity index (χ4v) is 5.14. The second-order valence-electron chi connectivity index (χ2n) is 8.94. The monoisotopic (exact) mass is 475 g/mol. The number of amides is 2. The summed E-state index contributed by atoms with van der Waals surface area (Å²) in [4.78, 5) is 35.3. The number of nitrogens with zero attached hydrogens (tertiary/aromatic N) is 3. The molecule has 0 radical (unpaired) electrons. The zero-order valence-electron chi connectivity index (χ0n) is 19.3. The van der Waals surface area contributed by atoms with Crippen LogP contribution in [0.25, 0.3) is 33.3 Å². The first-order valence-electron chi connectivity index (χ1n) is 11.9. The minimum atomic E-state index is -0.327. The van der Waals surface area contributed by atoms with Crippen molar-refractivity contribution in [3.8, 4) is 11.5 Å². The molecule has 5 aromatic rings. The molecule has 0 spiro atoms. The van der Waals surface area contributed by atoms with Crippen LogP contribution in [0.3, 0.4) is 0 Å². The summed E-state index contributed by atoms with van der Waals surface area (Å²) in [6, 6.07) is 24.2. The van der Waals surface area contributed by atoms with Crippen LogP contribution in [0, 0.1) is 0 Å². The molecule has 2 aliphatic heterocycles. The molecule has 36 heavy (non-hydrogen) atoms. The third-order valence-electron chi connectivity index (χ3n) is 6.90. The highest BCUT2D eigenvalue weighted by atomic mass is 16.5. The van der Waals surface area contributed by atoms with Gasteiger partial charge in [-0.05, 0) is 54.6 Å². The van der Waals surface area contributed by atoms with E-state index in [0.717, 1.165) is 40.6 Å². The van der Waals surface area contributed by atoms with Crippen LogP contribution in [-0.2, 0) is 4.74 Å². The van der Waals surface area contributed by atoms with Crippen molar-refractivity contribution in [3.05, 3.63) is 90.0 Å². The Labute approximate surface area is 206 Å². The largest absolute Gasteiger partial charge is 0.436 e. The first-order chi connectivity index (χ1) is 17.7. The van der Waals surface area contributed by atoms with Crippen LogP contribution in [-0.4, -0.2) is 43.1 Å². The van der Waals surface area contributed by atoms with Gasteiger partial charge in [0, 0.05) is 46.2 Å². The van der Waals surface area contributed by atoms with Gasteiger partial charge in [0.15, 0.2) is 5.58 Å². The highest BCUT2D eigenvalue weighted by Crippen LogP contribution is 2.38. The van der Waals surface area contributed by atoms with Gasteiger partial charge in [-0.25, -0.2) is 9.88 Å². The van der Waals surface area contributed by atoms with Crippen molar-refractivity contribution in [2.45, 2.75) is 0 Å². The predicted octanol–water partition coefficient (Wildman–Crippen LogP) is 5.29. The molecule has 2 amide bonds. The first kappa shape index (κ1) is 20.8. The second kappa shape index (κ2) is 8.03. The molecule has 7 heteroatoms. The predicted molar refractivity (Wildman–Crippen MR) is 138 cm³/mol. The average molecular weight is 476 g/mol. The number of carbonyl (C=O) groups excluding carboxylic acids is 2. The summed E-state index contributed by atoms with van der Waals surface area (Å²) in [6.45, 7) is 2.88. The fourth-order valence-electron chi connectivity index (χ4n) is 5.14. The van der Waals surface area contributed by atoms with Crippen molar-refractivity contribution in [2.75, 3.05) is 36.1 Å². The molecule has 7 rings (SSSR count). The molecule has 0 saturated carbocycles. The van der Waals surface area contributed by atoms with Crippen molar-refractivity contribution >= 4 is 45.1 Å². The Bertz CT molecular complexity index is 1610. The zero-order chi connectivity index (χ0) is 24.2. The first-order valence-corrected chi connectivity index (χ1v) is 11.9. The van der Waals surface area contributed by atoms with Crippen LogP contribution < -0.4 is 9.80 Å². The van der Waals surface area contributed by atoms with Crippen molar-refractivity contribution < 1.29 is 18.7 Å². The average Bonchev–Trinajstić information content (AvgIpc) is 3.37. The maximum atomic E-state index is 13.6. The molecule has 1 fully saturated rings. The Balaban J connectivity index is 1.27. The Morgan fingerprint density at radius 2 is 1.50 bits per heavy atom. The molecule has 2 aliphatic rings. The summed E-state index contributed by atoms with van der Waals surface area (Å²) < 4.78 is 11.4. The quantitative estimate of drug-likeness (QED) is 0.330. The van der Waals surface area contributed by atoms with E-state index in [1.807, 2.05) is 60.7 Å². The van der Waals surface area contributed by atoms with E-state index in [-0.39, 0.29) is 11.8 Å². The summed E-state index contributed by atoms with van der Waals surface area (Å²) in [5, 5.41) is 1.63. The fraction of sp³-hybridized carbons (Fsp3) is 0.138. The molecule has 7 nitrogen and oxygen atoms in total. The van der Waals surface area contributed by atoms with E-state index in [4.69, 9.17) is 9.15 Å². The summed E-state index contributed by atoms with van der Waals surface area (Å²) in [7, 11) is 0. The lowest BCUT2D eigenvalue weighted by atomic mass is 9.92. The number of hydrogen-bond donors (Lipinski definition) is 0. The highest BCUT2D eigenvalue weighted by molar-refractivity contribution is 6.36. The highest BCUT2D eigenvalue weighted by Gasteiger charge is 2.35. The summed E-state index contributed by atoms with van der Waals surface area (Å²) >= 11 is 0. The number of hydrogen-bond acceptors (Lipinski definition) is 6. The number of benzene rings is 4. The van der Waals surface area contributed by atoms with Crippen LogP contribution in [0.15, 0.2) is 83.3 Å². The third-order valence-corrected chi connectivity index (χ3v) is 6.90. The normalized spacial score (nSPS) is 15.8. The van der Waals surface area contributed by atoms with Gasteiger partial charge in [0.1, 0.15) is 5.52 Å². The van der Waals surface area contributed by atoms with E-state index >= 15 is 0 Å². The number of fused-ring (bicyclic) bond motifs is 1. The van der Waals surface area contributed by atoms with E-state index in [1.165, 1.54) is 4.90 Å². The molecule has 0 aliphatic carbocycles. The molecular formula is C29H21N3O4. The number of imide groups is 1. The van der Waals surface area contributed by atoms with Crippen LogP contribution in [0.1, 0.15) is 20.7 Å². The number of para-hydroxylation sites is 2. The topological polar surface area (TPSA) is 75.9 Å². The number of anilines is 2. The lowest BCUT2D eigenvalue weighted by molar-refractivity contribution is 0.0893. The molecule has 0 bridgehead atoms. The number of morpholine rings is 1. The van der Waals surface area contributed by atoms with Crippen LogP contribution in [0.2, 0.25) is 0 Å². The van der Waals surface area contributed by atoms with E-state index in [9.17, 15) is 9.59 Å². The van der Waals surface area contributed by atoms with Crippen molar-refractivity contribution in [1.82, 2.24) is 4.98 Å². The summed E-state index contributed by atoms with van der Waals surface area (Å²) in [5.74, 6) is -0.163.